The zero-order valence-corrected chi connectivity index (χ0v) is 16.8. The SMILES string of the molecule is C[C@H]1C[C@@](O)(C(F)(F)F)[C@H](Nc2ccc(F)c3[nH]c(=O)ccc23)c2ccc(Cl)c(O)c21. The Bertz CT molecular complexity index is 1240. The third-order valence-corrected chi connectivity index (χ3v) is 6.04. The lowest BCUT2D eigenvalue weighted by Gasteiger charge is -2.45. The van der Waals surface area contributed by atoms with E-state index in [4.69, 9.17) is 11.6 Å². The third kappa shape index (κ3) is 3.32. The van der Waals surface area contributed by atoms with Gasteiger partial charge in [0, 0.05) is 22.7 Å². The van der Waals surface area contributed by atoms with Crippen molar-refractivity contribution in [1.82, 2.24) is 4.98 Å². The highest BCUT2D eigenvalue weighted by Gasteiger charge is 2.62. The monoisotopic (exact) mass is 456 g/mol. The van der Waals surface area contributed by atoms with Crippen molar-refractivity contribution >= 4 is 28.2 Å². The van der Waals surface area contributed by atoms with Gasteiger partial charge in [-0.25, -0.2) is 4.39 Å². The number of hydrogen-bond donors (Lipinski definition) is 4. The third-order valence-electron chi connectivity index (χ3n) is 5.74. The average Bonchev–Trinajstić information content (AvgIpc) is 2.68. The minimum absolute atomic E-state index is 0.0161. The number of nitrogens with one attached hydrogen (secondary N) is 2. The van der Waals surface area contributed by atoms with E-state index in [-0.39, 0.29) is 38.5 Å². The molecule has 3 aromatic rings. The highest BCUT2D eigenvalue weighted by Crippen LogP contribution is 2.55. The van der Waals surface area contributed by atoms with E-state index < -0.39 is 41.5 Å². The molecule has 1 aromatic heterocycles. The fourth-order valence-corrected chi connectivity index (χ4v) is 4.45. The Kier molecular flexibility index (Phi) is 4.94. The first-order chi connectivity index (χ1) is 14.4. The van der Waals surface area contributed by atoms with Gasteiger partial charge in [-0.3, -0.25) is 4.79 Å². The largest absolute Gasteiger partial charge is 0.506 e. The molecule has 4 rings (SSSR count). The summed E-state index contributed by atoms with van der Waals surface area (Å²) in [5, 5.41) is 24.0. The molecule has 31 heavy (non-hydrogen) atoms. The van der Waals surface area contributed by atoms with Crippen LogP contribution in [0.5, 0.6) is 5.75 Å². The first-order valence-electron chi connectivity index (χ1n) is 9.32. The van der Waals surface area contributed by atoms with Gasteiger partial charge in [0.25, 0.3) is 0 Å². The lowest BCUT2D eigenvalue weighted by Crippen LogP contribution is -2.55. The van der Waals surface area contributed by atoms with E-state index in [1.807, 2.05) is 0 Å². The van der Waals surface area contributed by atoms with Gasteiger partial charge in [0.1, 0.15) is 11.6 Å². The van der Waals surface area contributed by atoms with Crippen molar-refractivity contribution in [3.63, 3.8) is 0 Å². The molecule has 0 radical (unpaired) electrons. The molecule has 0 bridgehead atoms. The van der Waals surface area contributed by atoms with Gasteiger partial charge in [-0.2, -0.15) is 13.2 Å². The number of fused-ring (bicyclic) bond motifs is 2. The van der Waals surface area contributed by atoms with Crippen LogP contribution in [0.2, 0.25) is 5.02 Å². The molecule has 2 aromatic carbocycles. The molecule has 10 heteroatoms. The summed E-state index contributed by atoms with van der Waals surface area (Å²) in [7, 11) is 0. The van der Waals surface area contributed by atoms with Crippen LogP contribution in [0.15, 0.2) is 41.2 Å². The maximum atomic E-state index is 14.2. The number of halogens is 5. The second-order valence-corrected chi connectivity index (χ2v) is 8.12. The molecule has 0 fully saturated rings. The summed E-state index contributed by atoms with van der Waals surface area (Å²) in [5.74, 6) is -1.96. The highest BCUT2D eigenvalue weighted by molar-refractivity contribution is 6.32. The van der Waals surface area contributed by atoms with Gasteiger partial charge < -0.3 is 20.5 Å². The van der Waals surface area contributed by atoms with Crippen LogP contribution >= 0.6 is 11.6 Å². The van der Waals surface area contributed by atoms with Gasteiger partial charge in [0.2, 0.25) is 5.56 Å². The van der Waals surface area contributed by atoms with Gasteiger partial charge in [0.15, 0.2) is 5.60 Å². The van der Waals surface area contributed by atoms with Crippen molar-refractivity contribution in [2.75, 3.05) is 5.32 Å². The Morgan fingerprint density at radius 2 is 1.90 bits per heavy atom. The number of anilines is 1. The van der Waals surface area contributed by atoms with E-state index in [0.29, 0.717) is 0 Å². The number of benzene rings is 2. The number of alkyl halides is 3. The first-order valence-corrected chi connectivity index (χ1v) is 9.70. The quantitative estimate of drug-likeness (QED) is 0.410. The lowest BCUT2D eigenvalue weighted by atomic mass is 9.70. The predicted octanol–water partition coefficient (Wildman–Crippen LogP) is 4.98. The maximum absolute atomic E-state index is 14.2. The molecule has 1 heterocycles. The van der Waals surface area contributed by atoms with Crippen LogP contribution in [-0.4, -0.2) is 27.0 Å². The number of aromatic amines is 1. The van der Waals surface area contributed by atoms with E-state index >= 15 is 0 Å². The van der Waals surface area contributed by atoms with Crippen molar-refractivity contribution in [3.05, 3.63) is 68.7 Å². The van der Waals surface area contributed by atoms with Crippen LogP contribution < -0.4 is 10.9 Å². The molecule has 0 saturated heterocycles. The molecule has 1 aliphatic carbocycles. The summed E-state index contributed by atoms with van der Waals surface area (Å²) < 4.78 is 56.4. The smallest absolute Gasteiger partial charge is 0.419 e. The number of aromatic hydroxyl groups is 1. The van der Waals surface area contributed by atoms with E-state index in [1.54, 1.807) is 0 Å². The summed E-state index contributed by atoms with van der Waals surface area (Å²) in [4.78, 5) is 13.9. The van der Waals surface area contributed by atoms with Crippen molar-refractivity contribution in [3.8, 4) is 5.75 Å². The van der Waals surface area contributed by atoms with Crippen LogP contribution in [0.3, 0.4) is 0 Å². The molecule has 0 spiro atoms. The highest BCUT2D eigenvalue weighted by atomic mass is 35.5. The van der Waals surface area contributed by atoms with E-state index in [1.165, 1.54) is 31.2 Å². The molecule has 0 unspecified atom stereocenters. The number of H-pyrrole nitrogens is 1. The Labute approximate surface area is 178 Å². The summed E-state index contributed by atoms with van der Waals surface area (Å²) >= 11 is 5.96. The number of phenolic OH excluding ortho intramolecular Hbond substituents is 1. The summed E-state index contributed by atoms with van der Waals surface area (Å²) in [6.45, 7) is 1.46. The van der Waals surface area contributed by atoms with Crippen molar-refractivity contribution < 1.29 is 27.8 Å². The van der Waals surface area contributed by atoms with Crippen LogP contribution in [0, 0.1) is 5.82 Å². The Hall–Kier alpha value is -2.78. The lowest BCUT2D eigenvalue weighted by molar-refractivity contribution is -0.272. The Morgan fingerprint density at radius 1 is 1.19 bits per heavy atom. The summed E-state index contributed by atoms with van der Waals surface area (Å²) in [5.41, 5.74) is -3.68. The molecule has 1 aliphatic rings. The number of aromatic nitrogens is 1. The normalized spacial score (nSPS) is 23.6. The summed E-state index contributed by atoms with van der Waals surface area (Å²) in [6.07, 6.45) is -5.75. The Balaban J connectivity index is 1.94. The van der Waals surface area contributed by atoms with Crippen molar-refractivity contribution in [1.29, 1.82) is 0 Å². The molecular formula is C21H17ClF4N2O3. The number of rotatable bonds is 2. The van der Waals surface area contributed by atoms with Crippen molar-refractivity contribution in [2.45, 2.75) is 37.1 Å². The molecule has 0 aliphatic heterocycles. The van der Waals surface area contributed by atoms with Crippen molar-refractivity contribution in [2.24, 2.45) is 0 Å². The maximum Gasteiger partial charge on any atom is 0.419 e. The molecule has 0 saturated carbocycles. The number of hydrogen-bond acceptors (Lipinski definition) is 4. The van der Waals surface area contributed by atoms with E-state index in [0.717, 1.165) is 12.1 Å². The minimum atomic E-state index is -5.02. The molecule has 4 N–H and O–H groups in total. The first kappa shape index (κ1) is 21.5. The second kappa shape index (κ2) is 7.13. The molecule has 164 valence electrons. The van der Waals surface area contributed by atoms with E-state index in [9.17, 15) is 32.6 Å². The van der Waals surface area contributed by atoms with Gasteiger partial charge in [-0.1, -0.05) is 24.6 Å². The van der Waals surface area contributed by atoms with Gasteiger partial charge in [-0.05, 0) is 42.2 Å². The molecular weight excluding hydrogens is 440 g/mol. The fraction of sp³-hybridized carbons (Fsp3) is 0.286. The standard InChI is InChI=1S/C21H17ClF4N2O3/c1-9-8-20(31,21(24,25)26)19(11-2-4-12(22)18(30)16(9)11)27-14-6-5-13(23)17-10(14)3-7-15(29)28-17/h2-7,9,19,27,30-31H,8H2,1H3,(H,28,29)/t9-,19+,20-/m0/s1. The van der Waals surface area contributed by atoms with Crippen LogP contribution in [-0.2, 0) is 0 Å². The molecule has 5 nitrogen and oxygen atoms in total. The second-order valence-electron chi connectivity index (χ2n) is 7.71. The zero-order chi connectivity index (χ0) is 22.7. The average molecular weight is 457 g/mol. The van der Waals surface area contributed by atoms with Crippen LogP contribution in [0.1, 0.15) is 36.4 Å². The zero-order valence-electron chi connectivity index (χ0n) is 16.0. The fourth-order valence-electron chi connectivity index (χ4n) is 4.29. The summed E-state index contributed by atoms with van der Waals surface area (Å²) in [6, 6.07) is 5.44. The van der Waals surface area contributed by atoms with Gasteiger partial charge in [0.05, 0.1) is 16.6 Å². The van der Waals surface area contributed by atoms with Gasteiger partial charge in [-0.15, -0.1) is 0 Å². The number of pyridine rings is 1. The number of aliphatic hydroxyl groups is 1. The van der Waals surface area contributed by atoms with Gasteiger partial charge >= 0.3 is 6.18 Å². The minimum Gasteiger partial charge on any atom is -0.506 e. The Morgan fingerprint density at radius 3 is 2.58 bits per heavy atom. The predicted molar refractivity (Wildman–Crippen MR) is 108 cm³/mol. The topological polar surface area (TPSA) is 85.4 Å². The number of phenols is 1. The van der Waals surface area contributed by atoms with Crippen LogP contribution in [0.4, 0.5) is 23.2 Å². The molecule has 3 atom stereocenters. The molecule has 0 amide bonds. The van der Waals surface area contributed by atoms with Crippen LogP contribution in [0.25, 0.3) is 10.9 Å². The van der Waals surface area contributed by atoms with E-state index in [2.05, 4.69) is 10.3 Å².